The SMILES string of the molecule is O=C(O)c1cc(S(=O)(=O)Nc2ncccn2)ccc1I. The van der Waals surface area contributed by atoms with Crippen molar-refractivity contribution in [3.05, 3.63) is 45.8 Å². The number of carboxylic acid groups (broad SMARTS) is 1. The summed E-state index contributed by atoms with van der Waals surface area (Å²) in [4.78, 5) is 18.3. The highest BCUT2D eigenvalue weighted by atomic mass is 127. The summed E-state index contributed by atoms with van der Waals surface area (Å²) in [5, 5.41) is 9.00. The highest BCUT2D eigenvalue weighted by Crippen LogP contribution is 2.19. The molecule has 0 aliphatic heterocycles. The monoisotopic (exact) mass is 405 g/mol. The molecule has 0 bridgehead atoms. The van der Waals surface area contributed by atoms with E-state index in [0.29, 0.717) is 3.57 Å². The van der Waals surface area contributed by atoms with Crippen molar-refractivity contribution in [2.45, 2.75) is 4.90 Å². The number of halogens is 1. The predicted octanol–water partition coefficient (Wildman–Crippen LogP) is 1.58. The largest absolute Gasteiger partial charge is 0.478 e. The summed E-state index contributed by atoms with van der Waals surface area (Å²) < 4.78 is 26.8. The molecule has 20 heavy (non-hydrogen) atoms. The van der Waals surface area contributed by atoms with E-state index in [-0.39, 0.29) is 16.4 Å². The van der Waals surface area contributed by atoms with Crippen LogP contribution in [0.15, 0.2) is 41.6 Å². The number of sulfonamides is 1. The molecule has 0 amide bonds. The Balaban J connectivity index is 2.40. The molecule has 0 spiro atoms. The lowest BCUT2D eigenvalue weighted by Gasteiger charge is -2.07. The molecule has 0 saturated carbocycles. The molecule has 0 unspecified atom stereocenters. The van der Waals surface area contributed by atoms with Crippen LogP contribution in [0.5, 0.6) is 0 Å². The van der Waals surface area contributed by atoms with Gasteiger partial charge in [0.1, 0.15) is 0 Å². The molecule has 1 aromatic carbocycles. The number of aromatic nitrogens is 2. The van der Waals surface area contributed by atoms with Crippen LogP contribution in [0.2, 0.25) is 0 Å². The van der Waals surface area contributed by atoms with E-state index in [1.165, 1.54) is 24.5 Å². The molecule has 9 heteroatoms. The molecule has 0 aliphatic rings. The van der Waals surface area contributed by atoms with Crippen LogP contribution in [0.4, 0.5) is 5.95 Å². The Labute approximate surface area is 128 Å². The third-order valence-electron chi connectivity index (χ3n) is 2.27. The standard InChI is InChI=1S/C11H8IN3O4S/c12-9-3-2-7(6-8(9)10(16)17)20(18,19)15-11-13-4-1-5-14-11/h1-6H,(H,16,17)(H,13,14,15). The van der Waals surface area contributed by atoms with Crippen LogP contribution < -0.4 is 4.72 Å². The van der Waals surface area contributed by atoms with E-state index in [1.54, 1.807) is 6.07 Å². The van der Waals surface area contributed by atoms with Crippen LogP contribution in [-0.4, -0.2) is 29.5 Å². The van der Waals surface area contributed by atoms with Gasteiger partial charge in [-0.2, -0.15) is 0 Å². The minimum absolute atomic E-state index is 0.0806. The number of nitrogens with one attached hydrogen (secondary N) is 1. The zero-order valence-electron chi connectivity index (χ0n) is 9.82. The van der Waals surface area contributed by atoms with Crippen molar-refractivity contribution in [1.29, 1.82) is 0 Å². The van der Waals surface area contributed by atoms with Crippen molar-refractivity contribution in [1.82, 2.24) is 9.97 Å². The highest BCUT2D eigenvalue weighted by molar-refractivity contribution is 14.1. The fourth-order valence-corrected chi connectivity index (χ4v) is 2.92. The summed E-state index contributed by atoms with van der Waals surface area (Å²) in [5.41, 5.74) is -0.0811. The van der Waals surface area contributed by atoms with E-state index in [1.807, 2.05) is 22.6 Å². The van der Waals surface area contributed by atoms with Gasteiger partial charge >= 0.3 is 5.97 Å². The molecule has 0 saturated heterocycles. The van der Waals surface area contributed by atoms with Gasteiger partial charge < -0.3 is 5.11 Å². The molecular formula is C11H8IN3O4S. The number of hydrogen-bond donors (Lipinski definition) is 2. The fraction of sp³-hybridized carbons (Fsp3) is 0. The summed E-state index contributed by atoms with van der Waals surface area (Å²) in [6, 6.07) is 5.38. The number of carboxylic acids is 1. The van der Waals surface area contributed by atoms with Crippen molar-refractivity contribution < 1.29 is 18.3 Å². The van der Waals surface area contributed by atoms with Crippen molar-refractivity contribution in [3.8, 4) is 0 Å². The summed E-state index contributed by atoms with van der Waals surface area (Å²) in [5.74, 6) is -1.27. The molecule has 0 fully saturated rings. The van der Waals surface area contributed by atoms with Crippen LogP contribution >= 0.6 is 22.6 Å². The lowest BCUT2D eigenvalue weighted by atomic mass is 10.2. The second kappa shape index (κ2) is 5.71. The molecule has 0 atom stereocenters. The third-order valence-corrected chi connectivity index (χ3v) is 4.54. The van der Waals surface area contributed by atoms with E-state index in [2.05, 4.69) is 14.7 Å². The zero-order chi connectivity index (χ0) is 14.8. The normalized spacial score (nSPS) is 11.1. The summed E-state index contributed by atoms with van der Waals surface area (Å²) in [6.07, 6.45) is 2.78. The zero-order valence-corrected chi connectivity index (χ0v) is 12.8. The number of aromatic carboxylic acids is 1. The maximum Gasteiger partial charge on any atom is 0.336 e. The van der Waals surface area contributed by atoms with Gasteiger partial charge in [0.2, 0.25) is 5.95 Å². The van der Waals surface area contributed by atoms with Crippen molar-refractivity contribution in [2.75, 3.05) is 4.72 Å². The van der Waals surface area contributed by atoms with E-state index >= 15 is 0 Å². The van der Waals surface area contributed by atoms with Crippen LogP contribution in [0.3, 0.4) is 0 Å². The molecule has 1 heterocycles. The number of nitrogens with zero attached hydrogens (tertiary/aromatic N) is 2. The minimum atomic E-state index is -3.93. The summed E-state index contributed by atoms with van der Waals surface area (Å²) >= 11 is 1.82. The van der Waals surface area contributed by atoms with Gasteiger partial charge in [0.25, 0.3) is 10.0 Å². The maximum atomic E-state index is 12.1. The molecule has 2 aromatic rings. The Morgan fingerprint density at radius 1 is 1.25 bits per heavy atom. The average molecular weight is 405 g/mol. The second-order valence-corrected chi connectivity index (χ2v) is 6.47. The first-order valence-electron chi connectivity index (χ1n) is 5.23. The van der Waals surface area contributed by atoms with Crippen LogP contribution in [0.25, 0.3) is 0 Å². The first kappa shape index (κ1) is 14.7. The number of anilines is 1. The van der Waals surface area contributed by atoms with Gasteiger partial charge in [0, 0.05) is 16.0 Å². The van der Waals surface area contributed by atoms with E-state index in [4.69, 9.17) is 5.11 Å². The van der Waals surface area contributed by atoms with E-state index < -0.39 is 16.0 Å². The molecule has 0 radical (unpaired) electrons. The van der Waals surface area contributed by atoms with Crippen LogP contribution in [-0.2, 0) is 10.0 Å². The molecule has 2 rings (SSSR count). The minimum Gasteiger partial charge on any atom is -0.478 e. The smallest absolute Gasteiger partial charge is 0.336 e. The molecule has 104 valence electrons. The van der Waals surface area contributed by atoms with Gasteiger partial charge in [0.05, 0.1) is 10.5 Å². The molecule has 7 nitrogen and oxygen atoms in total. The highest BCUT2D eigenvalue weighted by Gasteiger charge is 2.19. The number of rotatable bonds is 4. The first-order valence-corrected chi connectivity index (χ1v) is 7.79. The van der Waals surface area contributed by atoms with E-state index in [9.17, 15) is 13.2 Å². The number of carbonyl (C=O) groups is 1. The second-order valence-electron chi connectivity index (χ2n) is 3.62. The Morgan fingerprint density at radius 2 is 1.90 bits per heavy atom. The first-order chi connectivity index (χ1) is 9.40. The topological polar surface area (TPSA) is 109 Å². The van der Waals surface area contributed by atoms with Crippen molar-refractivity contribution in [3.63, 3.8) is 0 Å². The van der Waals surface area contributed by atoms with Gasteiger partial charge in [-0.15, -0.1) is 0 Å². The van der Waals surface area contributed by atoms with Gasteiger partial charge in [0.15, 0.2) is 0 Å². The van der Waals surface area contributed by atoms with Crippen LogP contribution in [0, 0.1) is 3.57 Å². The molecule has 2 N–H and O–H groups in total. The predicted molar refractivity (Wildman–Crippen MR) is 79.0 cm³/mol. The molecule has 0 aliphatic carbocycles. The number of benzene rings is 1. The molecule has 1 aromatic heterocycles. The van der Waals surface area contributed by atoms with Gasteiger partial charge in [-0.05, 0) is 46.9 Å². The van der Waals surface area contributed by atoms with Crippen molar-refractivity contribution >= 4 is 44.5 Å². The lowest BCUT2D eigenvalue weighted by Crippen LogP contribution is -2.15. The number of hydrogen-bond acceptors (Lipinski definition) is 5. The Hall–Kier alpha value is -1.75. The Morgan fingerprint density at radius 3 is 2.50 bits per heavy atom. The molecular weight excluding hydrogens is 397 g/mol. The van der Waals surface area contributed by atoms with E-state index in [0.717, 1.165) is 6.07 Å². The van der Waals surface area contributed by atoms with Gasteiger partial charge in [-0.3, -0.25) is 0 Å². The van der Waals surface area contributed by atoms with Gasteiger partial charge in [-0.25, -0.2) is 27.9 Å². The third kappa shape index (κ3) is 3.22. The maximum absolute atomic E-state index is 12.1. The Kier molecular flexibility index (Phi) is 4.18. The quantitative estimate of drug-likeness (QED) is 0.748. The summed E-state index contributed by atoms with van der Waals surface area (Å²) in [7, 11) is -3.93. The van der Waals surface area contributed by atoms with Crippen LogP contribution in [0.1, 0.15) is 10.4 Å². The average Bonchev–Trinajstić information content (AvgIpc) is 2.39. The lowest BCUT2D eigenvalue weighted by molar-refractivity contribution is 0.0695. The van der Waals surface area contributed by atoms with Crippen molar-refractivity contribution in [2.24, 2.45) is 0 Å². The van der Waals surface area contributed by atoms with Gasteiger partial charge in [-0.1, -0.05) is 0 Å². The Bertz CT molecular complexity index is 750. The summed E-state index contributed by atoms with van der Waals surface area (Å²) in [6.45, 7) is 0. The fourth-order valence-electron chi connectivity index (χ4n) is 1.37.